The fourth-order valence-electron chi connectivity index (χ4n) is 1.02. The first-order chi connectivity index (χ1) is 6.66. The monoisotopic (exact) mass is 196 g/mol. The number of unbranched alkanes of at least 4 members (excludes halogenated alkanes) is 2. The Morgan fingerprint density at radius 2 is 2.14 bits per heavy atom. The van der Waals surface area contributed by atoms with Gasteiger partial charge in [-0.2, -0.15) is 0 Å². The van der Waals surface area contributed by atoms with Gasteiger partial charge in [0.25, 0.3) is 0 Å². The number of rotatable bonds is 6. The molecule has 0 saturated carbocycles. The third-order valence-corrected chi connectivity index (χ3v) is 1.71. The third-order valence-electron chi connectivity index (χ3n) is 1.71. The van der Waals surface area contributed by atoms with Crippen molar-refractivity contribution < 1.29 is 9.53 Å². The smallest absolute Gasteiger partial charge is 0.303 e. The lowest BCUT2D eigenvalue weighted by atomic mass is 10.2. The Bertz CT molecular complexity index is 204. The van der Waals surface area contributed by atoms with E-state index in [4.69, 9.17) is 4.74 Å². The first-order valence-corrected chi connectivity index (χ1v) is 5.17. The maximum absolute atomic E-state index is 10.6. The summed E-state index contributed by atoms with van der Waals surface area (Å²) in [6.45, 7) is 5.44. The van der Waals surface area contributed by atoms with Crippen LogP contribution in [0.2, 0.25) is 0 Å². The van der Waals surface area contributed by atoms with Crippen molar-refractivity contribution in [3.63, 3.8) is 0 Å². The van der Waals surface area contributed by atoms with Crippen LogP contribution in [0.5, 0.6) is 0 Å². The molecule has 14 heavy (non-hydrogen) atoms. The van der Waals surface area contributed by atoms with Crippen molar-refractivity contribution in [3.8, 4) is 0 Å². The lowest BCUT2D eigenvalue weighted by Crippen LogP contribution is -2.08. The zero-order chi connectivity index (χ0) is 10.8. The molecular weight excluding hydrogens is 176 g/mol. The van der Waals surface area contributed by atoms with Gasteiger partial charge in [0, 0.05) is 6.92 Å². The number of allylic oxidation sites excluding steroid dienone is 3. The number of hydrogen-bond acceptors (Lipinski definition) is 2. The molecule has 1 unspecified atom stereocenters. The molecule has 0 N–H and O–H groups in total. The molecule has 0 saturated heterocycles. The van der Waals surface area contributed by atoms with Crippen molar-refractivity contribution in [3.05, 3.63) is 24.3 Å². The fraction of sp³-hybridized carbons (Fsp3) is 0.583. The van der Waals surface area contributed by atoms with Crippen LogP contribution in [0.25, 0.3) is 0 Å². The molecule has 0 aromatic heterocycles. The van der Waals surface area contributed by atoms with Crippen LogP contribution in [0.4, 0.5) is 0 Å². The Hall–Kier alpha value is -1.05. The number of carbonyl (C=O) groups excluding carboxylic acids is 1. The highest BCUT2D eigenvalue weighted by Crippen LogP contribution is 1.97. The minimum absolute atomic E-state index is 0.136. The van der Waals surface area contributed by atoms with Gasteiger partial charge in [-0.3, -0.25) is 4.79 Å². The highest BCUT2D eigenvalue weighted by molar-refractivity contribution is 5.66. The number of carbonyl (C=O) groups is 1. The first-order valence-electron chi connectivity index (χ1n) is 5.17. The van der Waals surface area contributed by atoms with Gasteiger partial charge in [0.2, 0.25) is 0 Å². The van der Waals surface area contributed by atoms with Crippen LogP contribution in [0.15, 0.2) is 24.3 Å². The van der Waals surface area contributed by atoms with Crippen LogP contribution in [-0.4, -0.2) is 12.1 Å². The van der Waals surface area contributed by atoms with E-state index >= 15 is 0 Å². The van der Waals surface area contributed by atoms with Gasteiger partial charge in [0.05, 0.1) is 0 Å². The second-order valence-corrected chi connectivity index (χ2v) is 3.27. The lowest BCUT2D eigenvalue weighted by Gasteiger charge is -2.04. The second-order valence-electron chi connectivity index (χ2n) is 3.27. The summed E-state index contributed by atoms with van der Waals surface area (Å²) in [5, 5.41) is 0. The molecule has 0 aliphatic heterocycles. The van der Waals surface area contributed by atoms with Crippen molar-refractivity contribution in [2.45, 2.75) is 46.1 Å². The summed E-state index contributed by atoms with van der Waals surface area (Å²) >= 11 is 0. The standard InChI is InChI=1S/C12H20O2/c1-4-5-6-7-8-9-10-11(2)14-12(3)13/h7-11H,4-6H2,1-3H3/b8-7-,10-9+. The van der Waals surface area contributed by atoms with Crippen molar-refractivity contribution in [2.75, 3.05) is 0 Å². The van der Waals surface area contributed by atoms with Crippen molar-refractivity contribution >= 4 is 5.97 Å². The molecule has 0 amide bonds. The van der Waals surface area contributed by atoms with Gasteiger partial charge >= 0.3 is 5.97 Å². The van der Waals surface area contributed by atoms with E-state index in [2.05, 4.69) is 13.0 Å². The van der Waals surface area contributed by atoms with E-state index in [1.165, 1.54) is 19.8 Å². The topological polar surface area (TPSA) is 26.3 Å². The molecule has 80 valence electrons. The molecule has 0 fully saturated rings. The summed E-state index contributed by atoms with van der Waals surface area (Å²) in [4.78, 5) is 10.6. The van der Waals surface area contributed by atoms with Crippen LogP contribution in [0, 0.1) is 0 Å². The van der Waals surface area contributed by atoms with Gasteiger partial charge < -0.3 is 4.74 Å². The van der Waals surface area contributed by atoms with E-state index in [1.807, 2.05) is 25.2 Å². The summed E-state index contributed by atoms with van der Waals surface area (Å²) in [5.41, 5.74) is 0. The minimum atomic E-state index is -0.239. The van der Waals surface area contributed by atoms with Crippen molar-refractivity contribution in [1.82, 2.24) is 0 Å². The Morgan fingerprint density at radius 1 is 1.43 bits per heavy atom. The average Bonchev–Trinajstić information content (AvgIpc) is 2.10. The number of ether oxygens (including phenoxy) is 1. The summed E-state index contributed by atoms with van der Waals surface area (Å²) in [6.07, 6.45) is 11.3. The van der Waals surface area contributed by atoms with Gasteiger partial charge in [-0.1, -0.05) is 38.0 Å². The molecule has 0 radical (unpaired) electrons. The molecular formula is C12H20O2. The van der Waals surface area contributed by atoms with E-state index < -0.39 is 0 Å². The van der Waals surface area contributed by atoms with E-state index in [-0.39, 0.29) is 12.1 Å². The van der Waals surface area contributed by atoms with Gasteiger partial charge in [0.1, 0.15) is 6.10 Å². The van der Waals surface area contributed by atoms with Gasteiger partial charge in [-0.15, -0.1) is 0 Å². The van der Waals surface area contributed by atoms with Crippen molar-refractivity contribution in [1.29, 1.82) is 0 Å². The molecule has 1 atom stereocenters. The summed E-state index contributed by atoms with van der Waals surface area (Å²) in [6, 6.07) is 0. The predicted molar refractivity (Wildman–Crippen MR) is 59.0 cm³/mol. The number of hydrogen-bond donors (Lipinski definition) is 0. The SMILES string of the molecule is CCCC/C=C\C=C\C(C)OC(C)=O. The molecule has 0 heterocycles. The lowest BCUT2D eigenvalue weighted by molar-refractivity contribution is -0.143. The van der Waals surface area contributed by atoms with E-state index in [1.54, 1.807) is 0 Å². The molecule has 0 spiro atoms. The molecule has 2 heteroatoms. The Labute approximate surface area is 86.6 Å². The van der Waals surface area contributed by atoms with Crippen LogP contribution in [0.3, 0.4) is 0 Å². The van der Waals surface area contributed by atoms with Crippen LogP contribution in [-0.2, 0) is 9.53 Å². The normalized spacial score (nSPS) is 13.6. The number of esters is 1. The highest BCUT2D eigenvalue weighted by atomic mass is 16.5. The summed E-state index contributed by atoms with van der Waals surface area (Å²) in [5.74, 6) is -0.239. The third kappa shape index (κ3) is 9.04. The molecule has 2 nitrogen and oxygen atoms in total. The van der Waals surface area contributed by atoms with E-state index in [9.17, 15) is 4.79 Å². The zero-order valence-electron chi connectivity index (χ0n) is 9.32. The molecule has 0 aliphatic rings. The average molecular weight is 196 g/mol. The maximum Gasteiger partial charge on any atom is 0.303 e. The summed E-state index contributed by atoms with van der Waals surface area (Å²) < 4.78 is 4.92. The molecule has 0 aromatic rings. The largest absolute Gasteiger partial charge is 0.459 e. The molecule has 0 bridgehead atoms. The Kier molecular flexibility index (Phi) is 7.90. The fourth-order valence-corrected chi connectivity index (χ4v) is 1.02. The molecule has 0 aromatic carbocycles. The quantitative estimate of drug-likeness (QED) is 0.370. The molecule has 0 aliphatic carbocycles. The molecule has 0 rings (SSSR count). The maximum atomic E-state index is 10.6. The van der Waals surface area contributed by atoms with E-state index in [0.717, 1.165) is 6.42 Å². The second kappa shape index (κ2) is 8.54. The van der Waals surface area contributed by atoms with Crippen LogP contribution >= 0.6 is 0 Å². The highest BCUT2D eigenvalue weighted by Gasteiger charge is 1.97. The minimum Gasteiger partial charge on any atom is -0.459 e. The zero-order valence-corrected chi connectivity index (χ0v) is 9.32. The predicted octanol–water partition coefficient (Wildman–Crippen LogP) is 3.24. The van der Waals surface area contributed by atoms with Crippen LogP contribution in [0.1, 0.15) is 40.0 Å². The summed E-state index contributed by atoms with van der Waals surface area (Å²) in [7, 11) is 0. The van der Waals surface area contributed by atoms with Crippen LogP contribution < -0.4 is 0 Å². The Balaban J connectivity index is 3.60. The first kappa shape index (κ1) is 12.9. The van der Waals surface area contributed by atoms with Gasteiger partial charge in [-0.05, 0) is 19.4 Å². The van der Waals surface area contributed by atoms with Gasteiger partial charge in [0.15, 0.2) is 0 Å². The van der Waals surface area contributed by atoms with Crippen molar-refractivity contribution in [2.24, 2.45) is 0 Å². The Morgan fingerprint density at radius 3 is 2.71 bits per heavy atom. The van der Waals surface area contributed by atoms with E-state index in [0.29, 0.717) is 0 Å². The van der Waals surface area contributed by atoms with Gasteiger partial charge in [-0.25, -0.2) is 0 Å².